The van der Waals surface area contributed by atoms with Crippen molar-refractivity contribution < 1.29 is 15.0 Å². The zero-order chi connectivity index (χ0) is 14.2. The minimum Gasteiger partial charge on any atom is -0.382 e. The van der Waals surface area contributed by atoms with Gasteiger partial charge in [0.1, 0.15) is 11.2 Å². The lowest BCUT2D eigenvalue weighted by atomic mass is 9.69. The third kappa shape index (κ3) is 3.10. The van der Waals surface area contributed by atoms with Crippen LogP contribution in [0.25, 0.3) is 0 Å². The molecule has 2 atom stereocenters. The molecular formula is C15H20O3. The van der Waals surface area contributed by atoms with E-state index in [1.165, 1.54) is 26.0 Å². The second kappa shape index (κ2) is 4.38. The Labute approximate surface area is 108 Å². The van der Waals surface area contributed by atoms with Crippen LogP contribution >= 0.6 is 0 Å². The van der Waals surface area contributed by atoms with Gasteiger partial charge < -0.3 is 10.2 Å². The van der Waals surface area contributed by atoms with Gasteiger partial charge in [0.2, 0.25) is 0 Å². The number of rotatable bonds is 1. The Morgan fingerprint density at radius 3 is 2.56 bits per heavy atom. The summed E-state index contributed by atoms with van der Waals surface area (Å²) in [6, 6.07) is 0. The van der Waals surface area contributed by atoms with Crippen molar-refractivity contribution in [2.75, 3.05) is 0 Å². The highest BCUT2D eigenvalue weighted by atomic mass is 16.3. The van der Waals surface area contributed by atoms with E-state index in [0.29, 0.717) is 12.0 Å². The summed E-state index contributed by atoms with van der Waals surface area (Å²) in [6.45, 7) is 10.4. The van der Waals surface area contributed by atoms with Gasteiger partial charge in [0.15, 0.2) is 5.78 Å². The molecule has 0 saturated carbocycles. The molecule has 1 rings (SSSR count). The molecule has 0 aliphatic heterocycles. The van der Waals surface area contributed by atoms with Gasteiger partial charge >= 0.3 is 0 Å². The number of carbonyl (C=O) groups is 1. The molecule has 18 heavy (non-hydrogen) atoms. The second-order valence-corrected chi connectivity index (χ2v) is 5.86. The molecule has 0 aromatic rings. The molecule has 1 aliphatic rings. The molecule has 98 valence electrons. The van der Waals surface area contributed by atoms with Crippen LogP contribution in [0, 0.1) is 17.3 Å². The summed E-state index contributed by atoms with van der Waals surface area (Å²) in [5.41, 5.74) is -2.39. The summed E-state index contributed by atoms with van der Waals surface area (Å²) in [5.74, 6) is 5.15. The van der Waals surface area contributed by atoms with Crippen molar-refractivity contribution in [3.8, 4) is 11.8 Å². The number of hydrogen-bond acceptors (Lipinski definition) is 3. The fourth-order valence-corrected chi connectivity index (χ4v) is 1.98. The standard InChI is InChI=1S/C15H20O3/c1-6-14(4,17)8-7-11-9-12(16)15(5,18)10-13(11,2)3/h6,9,17-18H,1,10H2,2-5H3. The summed E-state index contributed by atoms with van der Waals surface area (Å²) in [5, 5.41) is 19.7. The van der Waals surface area contributed by atoms with Crippen molar-refractivity contribution in [1.29, 1.82) is 0 Å². The van der Waals surface area contributed by atoms with E-state index in [4.69, 9.17) is 0 Å². The van der Waals surface area contributed by atoms with E-state index in [2.05, 4.69) is 18.4 Å². The molecule has 0 spiro atoms. The molecule has 3 nitrogen and oxygen atoms in total. The number of allylic oxidation sites excluding steroid dienone is 1. The molecule has 0 radical (unpaired) electrons. The van der Waals surface area contributed by atoms with Gasteiger partial charge in [0, 0.05) is 11.0 Å². The van der Waals surface area contributed by atoms with Gasteiger partial charge in [-0.1, -0.05) is 32.3 Å². The number of carbonyl (C=O) groups excluding carboxylic acids is 1. The van der Waals surface area contributed by atoms with E-state index in [1.54, 1.807) is 0 Å². The van der Waals surface area contributed by atoms with Gasteiger partial charge in [-0.15, -0.1) is 0 Å². The molecule has 2 unspecified atom stereocenters. The zero-order valence-corrected chi connectivity index (χ0v) is 11.4. The SMILES string of the molecule is C=CC(C)(O)C#CC1=CC(=O)C(C)(O)CC1(C)C. The first kappa shape index (κ1) is 14.7. The fourth-order valence-electron chi connectivity index (χ4n) is 1.98. The topological polar surface area (TPSA) is 57.5 Å². The van der Waals surface area contributed by atoms with Gasteiger partial charge in [-0.05, 0) is 32.4 Å². The van der Waals surface area contributed by atoms with Crippen LogP contribution < -0.4 is 0 Å². The molecule has 0 bridgehead atoms. The molecule has 0 aromatic heterocycles. The first-order valence-electron chi connectivity index (χ1n) is 5.88. The maximum Gasteiger partial charge on any atom is 0.187 e. The lowest BCUT2D eigenvalue weighted by Crippen LogP contribution is -2.43. The van der Waals surface area contributed by atoms with Crippen molar-refractivity contribution in [2.45, 2.75) is 45.3 Å². The first-order chi connectivity index (χ1) is 8.00. The molecule has 0 fully saturated rings. The monoisotopic (exact) mass is 248 g/mol. The summed E-state index contributed by atoms with van der Waals surface area (Å²) < 4.78 is 0. The highest BCUT2D eigenvalue weighted by molar-refractivity contribution is 5.99. The Balaban J connectivity index is 3.17. The average molecular weight is 248 g/mol. The van der Waals surface area contributed by atoms with Crippen molar-refractivity contribution in [3.05, 3.63) is 24.3 Å². The minimum absolute atomic E-state index is 0.315. The van der Waals surface area contributed by atoms with E-state index < -0.39 is 16.6 Å². The maximum absolute atomic E-state index is 11.7. The zero-order valence-electron chi connectivity index (χ0n) is 11.4. The Morgan fingerprint density at radius 2 is 2.06 bits per heavy atom. The summed E-state index contributed by atoms with van der Waals surface area (Å²) in [4.78, 5) is 11.7. The van der Waals surface area contributed by atoms with E-state index in [-0.39, 0.29) is 5.78 Å². The molecule has 3 heteroatoms. The van der Waals surface area contributed by atoms with Crippen LogP contribution in [0.5, 0.6) is 0 Å². The first-order valence-corrected chi connectivity index (χ1v) is 5.88. The molecule has 0 saturated heterocycles. The number of ketones is 1. The van der Waals surface area contributed by atoms with Crippen LogP contribution in [-0.4, -0.2) is 27.2 Å². The highest BCUT2D eigenvalue weighted by Gasteiger charge is 2.41. The maximum atomic E-state index is 11.7. The Morgan fingerprint density at radius 1 is 1.50 bits per heavy atom. The smallest absolute Gasteiger partial charge is 0.187 e. The predicted octanol–water partition coefficient (Wildman–Crippen LogP) is 1.60. The third-order valence-electron chi connectivity index (χ3n) is 3.17. The van der Waals surface area contributed by atoms with Crippen LogP contribution in [0.4, 0.5) is 0 Å². The fraction of sp³-hybridized carbons (Fsp3) is 0.533. The summed E-state index contributed by atoms with van der Waals surface area (Å²) >= 11 is 0. The van der Waals surface area contributed by atoms with Crippen molar-refractivity contribution in [2.24, 2.45) is 5.41 Å². The number of hydrogen-bond donors (Lipinski definition) is 2. The second-order valence-electron chi connectivity index (χ2n) is 5.86. The third-order valence-corrected chi connectivity index (χ3v) is 3.17. The normalized spacial score (nSPS) is 29.7. The van der Waals surface area contributed by atoms with Crippen LogP contribution in [0.3, 0.4) is 0 Å². The van der Waals surface area contributed by atoms with Gasteiger partial charge in [0.25, 0.3) is 0 Å². The minimum atomic E-state index is -1.34. The van der Waals surface area contributed by atoms with Crippen LogP contribution in [-0.2, 0) is 4.79 Å². The van der Waals surface area contributed by atoms with Gasteiger partial charge in [0.05, 0.1) is 0 Å². The lowest BCUT2D eigenvalue weighted by molar-refractivity contribution is -0.134. The van der Waals surface area contributed by atoms with E-state index in [1.807, 2.05) is 13.8 Å². The highest BCUT2D eigenvalue weighted by Crippen LogP contribution is 2.39. The molecule has 2 N–H and O–H groups in total. The average Bonchev–Trinajstić information content (AvgIpc) is 2.20. The van der Waals surface area contributed by atoms with Crippen molar-refractivity contribution >= 4 is 5.78 Å². The quantitative estimate of drug-likeness (QED) is 0.547. The van der Waals surface area contributed by atoms with E-state index in [9.17, 15) is 15.0 Å². The van der Waals surface area contributed by atoms with E-state index in [0.717, 1.165) is 0 Å². The van der Waals surface area contributed by atoms with Crippen molar-refractivity contribution in [3.63, 3.8) is 0 Å². The Hall–Kier alpha value is -1.37. The van der Waals surface area contributed by atoms with Gasteiger partial charge in [-0.2, -0.15) is 0 Å². The lowest BCUT2D eigenvalue weighted by Gasteiger charge is -2.36. The molecule has 0 amide bonds. The number of aliphatic hydroxyl groups is 2. The van der Waals surface area contributed by atoms with Crippen LogP contribution in [0.15, 0.2) is 24.3 Å². The Kier molecular flexibility index (Phi) is 3.58. The van der Waals surface area contributed by atoms with Crippen LogP contribution in [0.1, 0.15) is 34.1 Å². The predicted molar refractivity (Wildman–Crippen MR) is 70.7 cm³/mol. The van der Waals surface area contributed by atoms with Gasteiger partial charge in [-0.25, -0.2) is 0 Å². The van der Waals surface area contributed by atoms with E-state index >= 15 is 0 Å². The molecule has 1 aliphatic carbocycles. The summed E-state index contributed by atoms with van der Waals surface area (Å²) in [6.07, 6.45) is 3.03. The molecular weight excluding hydrogens is 228 g/mol. The van der Waals surface area contributed by atoms with Gasteiger partial charge in [-0.3, -0.25) is 4.79 Å². The van der Waals surface area contributed by atoms with Crippen LogP contribution in [0.2, 0.25) is 0 Å². The van der Waals surface area contributed by atoms with Crippen molar-refractivity contribution in [1.82, 2.24) is 0 Å². The molecule has 0 heterocycles. The Bertz CT molecular complexity index is 468. The molecule has 0 aromatic carbocycles. The summed E-state index contributed by atoms with van der Waals surface area (Å²) in [7, 11) is 0. The largest absolute Gasteiger partial charge is 0.382 e.